The van der Waals surface area contributed by atoms with Crippen molar-refractivity contribution < 1.29 is 9.90 Å². The Labute approximate surface area is 118 Å². The fourth-order valence-corrected chi connectivity index (χ4v) is 2.58. The summed E-state index contributed by atoms with van der Waals surface area (Å²) in [5, 5.41) is 12.5. The lowest BCUT2D eigenvalue weighted by Gasteiger charge is -2.31. The number of halogens is 1. The summed E-state index contributed by atoms with van der Waals surface area (Å²) in [6, 6.07) is 7.20. The Morgan fingerprint density at radius 2 is 2.26 bits per heavy atom. The summed E-state index contributed by atoms with van der Waals surface area (Å²) in [6.45, 7) is 2.24. The van der Waals surface area contributed by atoms with Crippen LogP contribution in [0.5, 0.6) is 0 Å². The van der Waals surface area contributed by atoms with E-state index >= 15 is 0 Å². The summed E-state index contributed by atoms with van der Waals surface area (Å²) in [5.41, 5.74) is 0.643. The number of hydrogen-bond acceptors (Lipinski definition) is 3. The maximum atomic E-state index is 12.0. The third kappa shape index (κ3) is 4.20. The highest BCUT2D eigenvalue weighted by molar-refractivity contribution is 6.33. The van der Waals surface area contributed by atoms with Crippen molar-refractivity contribution in [3.63, 3.8) is 0 Å². The first-order valence-corrected chi connectivity index (χ1v) is 6.94. The van der Waals surface area contributed by atoms with E-state index < -0.39 is 0 Å². The van der Waals surface area contributed by atoms with E-state index in [-0.39, 0.29) is 12.5 Å². The van der Waals surface area contributed by atoms with E-state index in [1.807, 2.05) is 12.1 Å². The molecule has 1 amide bonds. The fraction of sp³-hybridized carbons (Fsp3) is 0.500. The fourth-order valence-electron chi connectivity index (χ4n) is 2.40. The Kier molecular flexibility index (Phi) is 5.19. The number of nitrogens with one attached hydrogen (secondary N) is 1. The third-order valence-corrected chi connectivity index (χ3v) is 3.71. The molecule has 1 saturated heterocycles. The molecule has 19 heavy (non-hydrogen) atoms. The van der Waals surface area contributed by atoms with E-state index in [9.17, 15) is 4.79 Å². The molecule has 1 aliphatic rings. The number of amides is 1. The van der Waals surface area contributed by atoms with Crippen molar-refractivity contribution in [3.8, 4) is 0 Å². The number of rotatable bonds is 4. The molecule has 1 aromatic carbocycles. The molecule has 0 bridgehead atoms. The maximum Gasteiger partial charge on any atom is 0.238 e. The van der Waals surface area contributed by atoms with Crippen LogP contribution >= 0.6 is 11.6 Å². The monoisotopic (exact) mass is 282 g/mol. The topological polar surface area (TPSA) is 52.6 Å². The van der Waals surface area contributed by atoms with Gasteiger partial charge in [0, 0.05) is 13.2 Å². The van der Waals surface area contributed by atoms with Crippen LogP contribution < -0.4 is 5.32 Å². The zero-order valence-electron chi connectivity index (χ0n) is 10.8. The van der Waals surface area contributed by atoms with Crippen LogP contribution in [0.1, 0.15) is 12.8 Å². The number of anilines is 1. The molecule has 0 aromatic heterocycles. The highest BCUT2D eigenvalue weighted by Gasteiger charge is 2.21. The number of para-hydroxylation sites is 1. The van der Waals surface area contributed by atoms with Gasteiger partial charge in [-0.1, -0.05) is 23.7 Å². The summed E-state index contributed by atoms with van der Waals surface area (Å²) >= 11 is 6.00. The predicted octanol–water partition coefficient (Wildman–Crippen LogP) is 1.98. The van der Waals surface area contributed by atoms with Crippen LogP contribution in [0, 0.1) is 5.92 Å². The van der Waals surface area contributed by atoms with Gasteiger partial charge in [0.2, 0.25) is 5.91 Å². The highest BCUT2D eigenvalue weighted by Crippen LogP contribution is 2.20. The van der Waals surface area contributed by atoms with E-state index in [0.29, 0.717) is 23.2 Å². The minimum atomic E-state index is -0.0633. The first-order chi connectivity index (χ1) is 9.19. The largest absolute Gasteiger partial charge is 0.396 e. The molecule has 104 valence electrons. The summed E-state index contributed by atoms with van der Waals surface area (Å²) in [4.78, 5) is 14.0. The molecular formula is C14H19ClN2O2. The minimum Gasteiger partial charge on any atom is -0.396 e. The van der Waals surface area contributed by atoms with Crippen molar-refractivity contribution in [3.05, 3.63) is 29.3 Å². The van der Waals surface area contributed by atoms with E-state index in [2.05, 4.69) is 10.2 Å². The summed E-state index contributed by atoms with van der Waals surface area (Å²) < 4.78 is 0. The molecule has 1 aliphatic heterocycles. The molecule has 1 aromatic rings. The highest BCUT2D eigenvalue weighted by atomic mass is 35.5. The van der Waals surface area contributed by atoms with Crippen molar-refractivity contribution in [1.82, 2.24) is 4.90 Å². The van der Waals surface area contributed by atoms with Gasteiger partial charge in [0.05, 0.1) is 17.3 Å². The van der Waals surface area contributed by atoms with E-state index in [1.165, 1.54) is 0 Å². The second-order valence-corrected chi connectivity index (χ2v) is 5.36. The minimum absolute atomic E-state index is 0.0633. The Morgan fingerprint density at radius 3 is 3.00 bits per heavy atom. The smallest absolute Gasteiger partial charge is 0.238 e. The molecular weight excluding hydrogens is 264 g/mol. The molecule has 2 rings (SSSR count). The van der Waals surface area contributed by atoms with Crippen LogP contribution in [0.25, 0.3) is 0 Å². The van der Waals surface area contributed by atoms with Gasteiger partial charge in [-0.3, -0.25) is 9.69 Å². The molecule has 0 saturated carbocycles. The van der Waals surface area contributed by atoms with Crippen LogP contribution in [-0.2, 0) is 4.79 Å². The molecule has 1 atom stereocenters. The van der Waals surface area contributed by atoms with Gasteiger partial charge in [-0.05, 0) is 37.4 Å². The Bertz CT molecular complexity index is 439. The molecule has 1 heterocycles. The normalized spacial score (nSPS) is 20.2. The molecule has 5 heteroatoms. The Hall–Kier alpha value is -1.10. The van der Waals surface area contributed by atoms with Gasteiger partial charge >= 0.3 is 0 Å². The van der Waals surface area contributed by atoms with E-state index in [1.54, 1.807) is 12.1 Å². The lowest BCUT2D eigenvalue weighted by Crippen LogP contribution is -2.41. The number of likely N-dealkylation sites (tertiary alicyclic amines) is 1. The van der Waals surface area contributed by atoms with Crippen LogP contribution in [0.3, 0.4) is 0 Å². The average molecular weight is 283 g/mol. The van der Waals surface area contributed by atoms with Gasteiger partial charge in [0.1, 0.15) is 0 Å². The molecule has 0 aliphatic carbocycles. The van der Waals surface area contributed by atoms with Gasteiger partial charge in [-0.15, -0.1) is 0 Å². The first-order valence-electron chi connectivity index (χ1n) is 6.56. The number of aliphatic hydroxyl groups is 1. The Morgan fingerprint density at radius 1 is 1.47 bits per heavy atom. The van der Waals surface area contributed by atoms with Crippen molar-refractivity contribution >= 4 is 23.2 Å². The second-order valence-electron chi connectivity index (χ2n) is 4.95. The maximum absolute atomic E-state index is 12.0. The van der Waals surface area contributed by atoms with Crippen LogP contribution in [0.15, 0.2) is 24.3 Å². The molecule has 0 radical (unpaired) electrons. The second kappa shape index (κ2) is 6.89. The van der Waals surface area contributed by atoms with Crippen LogP contribution in [-0.4, -0.2) is 42.2 Å². The number of benzene rings is 1. The first kappa shape index (κ1) is 14.3. The standard InChI is InChI=1S/C14H19ClN2O2/c15-12-5-1-2-6-13(12)16-14(19)9-17-7-3-4-11(8-17)10-18/h1-2,5-6,11,18H,3-4,7-10H2,(H,16,19). The SMILES string of the molecule is O=C(CN1CCCC(CO)C1)Nc1ccccc1Cl. The van der Waals surface area contributed by atoms with Crippen molar-refractivity contribution in [1.29, 1.82) is 0 Å². The van der Waals surface area contributed by atoms with E-state index in [4.69, 9.17) is 16.7 Å². The zero-order valence-corrected chi connectivity index (χ0v) is 11.6. The number of piperidine rings is 1. The summed E-state index contributed by atoms with van der Waals surface area (Å²) in [5.74, 6) is 0.230. The number of carbonyl (C=O) groups excluding carboxylic acids is 1. The van der Waals surface area contributed by atoms with Gasteiger partial charge in [0.25, 0.3) is 0 Å². The molecule has 0 spiro atoms. The quantitative estimate of drug-likeness (QED) is 0.888. The lowest BCUT2D eigenvalue weighted by atomic mass is 9.99. The van der Waals surface area contributed by atoms with E-state index in [0.717, 1.165) is 25.9 Å². The van der Waals surface area contributed by atoms with Gasteiger partial charge < -0.3 is 10.4 Å². The summed E-state index contributed by atoms with van der Waals surface area (Å²) in [7, 11) is 0. The molecule has 4 nitrogen and oxygen atoms in total. The Balaban J connectivity index is 1.86. The average Bonchev–Trinajstić information content (AvgIpc) is 2.41. The molecule has 2 N–H and O–H groups in total. The lowest BCUT2D eigenvalue weighted by molar-refractivity contribution is -0.117. The third-order valence-electron chi connectivity index (χ3n) is 3.38. The predicted molar refractivity (Wildman–Crippen MR) is 76.3 cm³/mol. The van der Waals surface area contributed by atoms with Gasteiger partial charge in [-0.25, -0.2) is 0 Å². The molecule has 1 fully saturated rings. The van der Waals surface area contributed by atoms with Crippen molar-refractivity contribution in [2.45, 2.75) is 12.8 Å². The van der Waals surface area contributed by atoms with Crippen molar-refractivity contribution in [2.24, 2.45) is 5.92 Å². The number of hydrogen-bond donors (Lipinski definition) is 2. The molecule has 1 unspecified atom stereocenters. The summed E-state index contributed by atoms with van der Waals surface area (Å²) in [6.07, 6.45) is 2.07. The number of nitrogens with zero attached hydrogens (tertiary/aromatic N) is 1. The van der Waals surface area contributed by atoms with Crippen LogP contribution in [0.2, 0.25) is 5.02 Å². The van der Waals surface area contributed by atoms with Gasteiger partial charge in [0.15, 0.2) is 0 Å². The van der Waals surface area contributed by atoms with Gasteiger partial charge in [-0.2, -0.15) is 0 Å². The van der Waals surface area contributed by atoms with Crippen molar-refractivity contribution in [2.75, 3.05) is 31.6 Å². The van der Waals surface area contributed by atoms with Crippen LogP contribution in [0.4, 0.5) is 5.69 Å². The number of aliphatic hydroxyl groups excluding tert-OH is 1. The number of carbonyl (C=O) groups is 1. The zero-order chi connectivity index (χ0) is 13.7.